The minimum Gasteiger partial charge on any atom is -0.396 e. The Labute approximate surface area is 74.6 Å². The largest absolute Gasteiger partial charge is 0.396 e. The Morgan fingerprint density at radius 3 is 2.33 bits per heavy atom. The average Bonchev–Trinajstić information content (AvgIpc) is 2.02. The van der Waals surface area contributed by atoms with Gasteiger partial charge in [-0.1, -0.05) is 20.3 Å². The lowest BCUT2D eigenvalue weighted by Gasteiger charge is -2.42. The molecule has 72 valence electrons. The van der Waals surface area contributed by atoms with Gasteiger partial charge in [-0.15, -0.1) is 0 Å². The summed E-state index contributed by atoms with van der Waals surface area (Å²) >= 11 is 0. The number of hydrogen-bond acceptors (Lipinski definition) is 2. The second kappa shape index (κ2) is 3.75. The molecule has 1 fully saturated rings. The van der Waals surface area contributed by atoms with Crippen molar-refractivity contribution in [1.29, 1.82) is 0 Å². The van der Waals surface area contributed by atoms with Gasteiger partial charge in [0.25, 0.3) is 0 Å². The van der Waals surface area contributed by atoms with Gasteiger partial charge in [0, 0.05) is 13.2 Å². The molecule has 1 rings (SSSR count). The van der Waals surface area contributed by atoms with Gasteiger partial charge in [-0.25, -0.2) is 0 Å². The van der Waals surface area contributed by atoms with Crippen molar-refractivity contribution in [3.8, 4) is 0 Å². The van der Waals surface area contributed by atoms with Crippen molar-refractivity contribution in [3.05, 3.63) is 0 Å². The summed E-state index contributed by atoms with van der Waals surface area (Å²) in [6.07, 6.45) is 3.44. The van der Waals surface area contributed by atoms with Crippen molar-refractivity contribution < 1.29 is 10.2 Å². The summed E-state index contributed by atoms with van der Waals surface area (Å²) in [7, 11) is 0. The van der Waals surface area contributed by atoms with E-state index < -0.39 is 0 Å². The maximum atomic E-state index is 9.22. The van der Waals surface area contributed by atoms with E-state index in [4.69, 9.17) is 5.11 Å². The fourth-order valence-corrected chi connectivity index (χ4v) is 2.46. The van der Waals surface area contributed by atoms with Crippen molar-refractivity contribution in [2.45, 2.75) is 33.1 Å². The number of aliphatic hydroxyl groups excluding tert-OH is 2. The van der Waals surface area contributed by atoms with Crippen LogP contribution in [0.15, 0.2) is 0 Å². The second-order valence-electron chi connectivity index (χ2n) is 4.61. The molecule has 1 saturated carbocycles. The molecule has 0 heterocycles. The van der Waals surface area contributed by atoms with Crippen LogP contribution in [-0.4, -0.2) is 23.4 Å². The third-order valence-electron chi connectivity index (χ3n) is 3.40. The van der Waals surface area contributed by atoms with Crippen LogP contribution in [0.5, 0.6) is 0 Å². The zero-order valence-corrected chi connectivity index (χ0v) is 8.08. The molecule has 0 aromatic heterocycles. The highest BCUT2D eigenvalue weighted by atomic mass is 16.3. The first-order chi connectivity index (χ1) is 5.61. The molecule has 0 aromatic carbocycles. The van der Waals surface area contributed by atoms with Crippen LogP contribution in [0, 0.1) is 17.3 Å². The van der Waals surface area contributed by atoms with Crippen LogP contribution in [0.2, 0.25) is 0 Å². The number of rotatable bonds is 2. The first-order valence-corrected chi connectivity index (χ1v) is 4.83. The molecule has 0 amide bonds. The van der Waals surface area contributed by atoms with Crippen LogP contribution in [0.25, 0.3) is 0 Å². The summed E-state index contributed by atoms with van der Waals surface area (Å²) in [4.78, 5) is 0. The van der Waals surface area contributed by atoms with Crippen LogP contribution < -0.4 is 0 Å². The Morgan fingerprint density at radius 1 is 1.25 bits per heavy atom. The maximum Gasteiger partial charge on any atom is 0.0467 e. The Balaban J connectivity index is 2.66. The highest BCUT2D eigenvalue weighted by molar-refractivity contribution is 4.87. The van der Waals surface area contributed by atoms with E-state index in [0.717, 1.165) is 6.42 Å². The van der Waals surface area contributed by atoms with Gasteiger partial charge in [-0.2, -0.15) is 0 Å². The lowest BCUT2D eigenvalue weighted by atomic mass is 9.64. The molecule has 0 spiro atoms. The zero-order valence-electron chi connectivity index (χ0n) is 8.08. The summed E-state index contributed by atoms with van der Waals surface area (Å²) in [5.74, 6) is 0.606. The summed E-state index contributed by atoms with van der Waals surface area (Å²) in [6, 6.07) is 0. The van der Waals surface area contributed by atoms with Gasteiger partial charge in [-0.3, -0.25) is 0 Å². The van der Waals surface area contributed by atoms with Crippen molar-refractivity contribution in [3.63, 3.8) is 0 Å². The minimum absolute atomic E-state index is 0.209. The van der Waals surface area contributed by atoms with E-state index in [-0.39, 0.29) is 24.5 Å². The molecular weight excluding hydrogens is 152 g/mol. The fraction of sp³-hybridized carbons (Fsp3) is 1.00. The van der Waals surface area contributed by atoms with Gasteiger partial charge in [0.05, 0.1) is 0 Å². The average molecular weight is 172 g/mol. The van der Waals surface area contributed by atoms with Crippen molar-refractivity contribution in [2.24, 2.45) is 17.3 Å². The van der Waals surface area contributed by atoms with Crippen LogP contribution >= 0.6 is 0 Å². The first kappa shape index (κ1) is 10.0. The SMILES string of the molecule is CC1(C)CCC[C@H](CO)[C@H]1CO. The van der Waals surface area contributed by atoms with Crippen LogP contribution in [0.1, 0.15) is 33.1 Å². The Hall–Kier alpha value is -0.0800. The van der Waals surface area contributed by atoms with Gasteiger partial charge >= 0.3 is 0 Å². The number of aliphatic hydroxyl groups is 2. The van der Waals surface area contributed by atoms with Gasteiger partial charge in [0.1, 0.15) is 0 Å². The molecule has 2 heteroatoms. The van der Waals surface area contributed by atoms with E-state index in [1.54, 1.807) is 0 Å². The van der Waals surface area contributed by atoms with Crippen LogP contribution in [0.4, 0.5) is 0 Å². The zero-order chi connectivity index (χ0) is 9.19. The molecule has 2 atom stereocenters. The first-order valence-electron chi connectivity index (χ1n) is 4.83. The fourth-order valence-electron chi connectivity index (χ4n) is 2.46. The lowest BCUT2D eigenvalue weighted by molar-refractivity contribution is 0.0000491. The molecule has 2 N–H and O–H groups in total. The molecule has 0 unspecified atom stereocenters. The number of hydrogen-bond donors (Lipinski definition) is 2. The Bertz CT molecular complexity index is 143. The predicted molar refractivity (Wildman–Crippen MR) is 48.8 cm³/mol. The summed E-state index contributed by atoms with van der Waals surface area (Å²) in [6.45, 7) is 4.83. The molecule has 12 heavy (non-hydrogen) atoms. The van der Waals surface area contributed by atoms with Gasteiger partial charge in [-0.05, 0) is 30.1 Å². The Morgan fingerprint density at radius 2 is 1.92 bits per heavy atom. The van der Waals surface area contributed by atoms with Gasteiger partial charge < -0.3 is 10.2 Å². The topological polar surface area (TPSA) is 40.5 Å². The van der Waals surface area contributed by atoms with E-state index in [2.05, 4.69) is 13.8 Å². The van der Waals surface area contributed by atoms with E-state index in [9.17, 15) is 5.11 Å². The molecule has 0 radical (unpaired) electrons. The molecular formula is C10H20O2. The predicted octanol–water partition coefficient (Wildman–Crippen LogP) is 1.41. The molecule has 2 nitrogen and oxygen atoms in total. The maximum absolute atomic E-state index is 9.22. The van der Waals surface area contributed by atoms with Crippen molar-refractivity contribution >= 4 is 0 Å². The quantitative estimate of drug-likeness (QED) is 0.661. The Kier molecular flexibility index (Phi) is 3.13. The standard InChI is InChI=1S/C10H20O2/c1-10(2)5-3-4-8(6-11)9(10)7-12/h8-9,11-12H,3-7H2,1-2H3/t8-,9-/m1/s1. The monoisotopic (exact) mass is 172 g/mol. The molecule has 1 aliphatic carbocycles. The van der Waals surface area contributed by atoms with Crippen LogP contribution in [-0.2, 0) is 0 Å². The molecule has 0 aromatic rings. The molecule has 0 aliphatic heterocycles. The van der Waals surface area contributed by atoms with E-state index in [0.29, 0.717) is 5.92 Å². The van der Waals surface area contributed by atoms with E-state index in [1.165, 1.54) is 12.8 Å². The molecule has 1 aliphatic rings. The third kappa shape index (κ3) is 1.80. The van der Waals surface area contributed by atoms with Crippen LogP contribution in [0.3, 0.4) is 0 Å². The van der Waals surface area contributed by atoms with Gasteiger partial charge in [0.15, 0.2) is 0 Å². The third-order valence-corrected chi connectivity index (χ3v) is 3.40. The van der Waals surface area contributed by atoms with Crippen molar-refractivity contribution in [2.75, 3.05) is 13.2 Å². The minimum atomic E-state index is 0.209. The van der Waals surface area contributed by atoms with E-state index >= 15 is 0 Å². The summed E-state index contributed by atoms with van der Waals surface area (Å²) < 4.78 is 0. The summed E-state index contributed by atoms with van der Waals surface area (Å²) in [5, 5.41) is 18.3. The highest BCUT2D eigenvalue weighted by Gasteiger charge is 2.37. The second-order valence-corrected chi connectivity index (χ2v) is 4.61. The summed E-state index contributed by atoms with van der Waals surface area (Å²) in [5.41, 5.74) is 0.209. The highest BCUT2D eigenvalue weighted by Crippen LogP contribution is 2.43. The lowest BCUT2D eigenvalue weighted by Crippen LogP contribution is -2.38. The smallest absolute Gasteiger partial charge is 0.0467 e. The van der Waals surface area contributed by atoms with E-state index in [1.807, 2.05) is 0 Å². The van der Waals surface area contributed by atoms with Gasteiger partial charge in [0.2, 0.25) is 0 Å². The normalized spacial score (nSPS) is 35.0. The van der Waals surface area contributed by atoms with Crippen molar-refractivity contribution in [1.82, 2.24) is 0 Å². The molecule has 0 saturated heterocycles. The molecule has 0 bridgehead atoms.